The zero-order chi connectivity index (χ0) is 36.0. The molecule has 0 aliphatic rings. The average Bonchev–Trinajstić information content (AvgIpc) is 2.97. The van der Waals surface area contributed by atoms with E-state index in [4.69, 9.17) is 20.3 Å². The van der Waals surface area contributed by atoms with Crippen molar-refractivity contribution in [2.24, 2.45) is 5.84 Å². The maximum absolute atomic E-state index is 14.4. The molecule has 0 fully saturated rings. The minimum Gasteiger partial charge on any atom is -0.486 e. The van der Waals surface area contributed by atoms with E-state index in [1.165, 1.54) is 24.3 Å². The Labute approximate surface area is 273 Å². The number of ether oxygens (including phenoxy) is 1. The molecule has 0 bridgehead atoms. The van der Waals surface area contributed by atoms with E-state index < -0.39 is 42.6 Å². The fourth-order valence-corrected chi connectivity index (χ4v) is 4.82. The van der Waals surface area contributed by atoms with Gasteiger partial charge in [0.05, 0.1) is 30.8 Å². The van der Waals surface area contributed by atoms with Gasteiger partial charge in [-0.2, -0.15) is 40.2 Å². The topological polar surface area (TPSA) is 83.7 Å². The van der Waals surface area contributed by atoms with Gasteiger partial charge in [-0.05, 0) is 63.9 Å². The minimum atomic E-state index is -5.87. The maximum Gasteiger partial charge on any atom is 0.458 e. The summed E-state index contributed by atoms with van der Waals surface area (Å²) < 4.78 is 115. The quantitative estimate of drug-likeness (QED) is 0.0956. The van der Waals surface area contributed by atoms with E-state index in [2.05, 4.69) is 0 Å². The van der Waals surface area contributed by atoms with Gasteiger partial charge in [0, 0.05) is 17.5 Å². The van der Waals surface area contributed by atoms with Crippen LogP contribution in [0.3, 0.4) is 0 Å². The predicted molar refractivity (Wildman–Crippen MR) is 161 cm³/mol. The lowest BCUT2D eigenvalue weighted by molar-refractivity contribution is -0.389. The molecule has 0 amide bonds. The summed E-state index contributed by atoms with van der Waals surface area (Å²) in [5.74, 6) is 1.03. The zero-order valence-corrected chi connectivity index (χ0v) is 26.9. The SMILES string of the molecule is CCON(OCC)N(c1cccc(OC(C)c2cc(C)cc(C)c2)c1Cc1cccc(C(F)(F)C(F)(F)F)c1)N(N)CC(O)C(F)(F)F. The van der Waals surface area contributed by atoms with Crippen LogP contribution in [0.4, 0.5) is 40.8 Å². The molecule has 2 atom stereocenters. The van der Waals surface area contributed by atoms with E-state index in [9.17, 15) is 40.2 Å². The molecule has 48 heavy (non-hydrogen) atoms. The van der Waals surface area contributed by atoms with Gasteiger partial charge in [-0.15, -0.1) is 5.12 Å². The van der Waals surface area contributed by atoms with Crippen LogP contribution >= 0.6 is 0 Å². The summed E-state index contributed by atoms with van der Waals surface area (Å²) >= 11 is 0. The Bertz CT molecular complexity index is 1480. The fraction of sp³-hybridized carbons (Fsp3) is 0.438. The van der Waals surface area contributed by atoms with Crippen molar-refractivity contribution >= 4 is 5.69 Å². The largest absolute Gasteiger partial charge is 0.486 e. The van der Waals surface area contributed by atoms with Gasteiger partial charge in [0.15, 0.2) is 6.10 Å². The Morgan fingerprint density at radius 2 is 1.42 bits per heavy atom. The molecule has 3 aromatic carbocycles. The van der Waals surface area contributed by atoms with Gasteiger partial charge in [-0.3, -0.25) is 9.68 Å². The number of halogens is 8. The summed E-state index contributed by atoms with van der Waals surface area (Å²) in [5.41, 5.74) is 1.34. The summed E-state index contributed by atoms with van der Waals surface area (Å²) in [6.07, 6.45) is -14.9. The summed E-state index contributed by atoms with van der Waals surface area (Å²) in [6, 6.07) is 13.7. The van der Waals surface area contributed by atoms with Crippen LogP contribution in [0.2, 0.25) is 0 Å². The number of rotatable bonds is 15. The highest BCUT2D eigenvalue weighted by Gasteiger charge is 2.58. The van der Waals surface area contributed by atoms with Crippen molar-refractivity contribution in [2.45, 2.75) is 71.5 Å². The van der Waals surface area contributed by atoms with E-state index in [1.807, 2.05) is 32.0 Å². The molecule has 8 nitrogen and oxygen atoms in total. The number of benzene rings is 3. The average molecular weight is 695 g/mol. The van der Waals surface area contributed by atoms with E-state index in [0.29, 0.717) is 22.6 Å². The number of aliphatic hydroxyl groups is 1. The molecule has 266 valence electrons. The van der Waals surface area contributed by atoms with Crippen LogP contribution in [0.1, 0.15) is 60.3 Å². The molecular weight excluding hydrogens is 656 g/mol. The molecule has 0 saturated carbocycles. The van der Waals surface area contributed by atoms with Crippen molar-refractivity contribution in [3.8, 4) is 5.75 Å². The van der Waals surface area contributed by atoms with Gasteiger partial charge in [0.1, 0.15) is 11.9 Å². The third-order valence-electron chi connectivity index (χ3n) is 6.98. The van der Waals surface area contributed by atoms with Crippen LogP contribution in [-0.4, -0.2) is 53.8 Å². The minimum absolute atomic E-state index is 0.0222. The van der Waals surface area contributed by atoms with Crippen molar-refractivity contribution in [1.29, 1.82) is 0 Å². The molecular formula is C32H38F8N4O4. The van der Waals surface area contributed by atoms with Gasteiger partial charge < -0.3 is 9.84 Å². The van der Waals surface area contributed by atoms with Crippen LogP contribution in [0.5, 0.6) is 5.75 Å². The standard InChI is InChI=1S/C32H38F8N4O4/c1-6-46-44(47-7-2)43(42(41)19-29(45)31(35,36)37)27-12-9-13-28(48-22(5)24-15-20(3)14-21(4)16-24)26(27)18-23-10-8-11-25(17-23)30(33,34)32(38,39)40/h8-17,22,29,45H,6-7,18-19,41H2,1-5H3. The van der Waals surface area contributed by atoms with Gasteiger partial charge in [-0.25, -0.2) is 5.84 Å². The molecule has 0 aromatic heterocycles. The normalized spacial score (nSPS) is 14.0. The molecule has 3 rings (SSSR count). The van der Waals surface area contributed by atoms with E-state index >= 15 is 0 Å². The van der Waals surface area contributed by atoms with E-state index in [1.54, 1.807) is 20.8 Å². The van der Waals surface area contributed by atoms with Crippen LogP contribution in [-0.2, 0) is 22.0 Å². The highest BCUT2D eigenvalue weighted by molar-refractivity contribution is 5.60. The number of anilines is 1. The molecule has 0 aliphatic heterocycles. The third-order valence-corrected chi connectivity index (χ3v) is 6.98. The lowest BCUT2D eigenvalue weighted by Crippen LogP contribution is -2.60. The lowest BCUT2D eigenvalue weighted by Gasteiger charge is -2.40. The molecule has 3 aromatic rings. The Balaban J connectivity index is 2.25. The van der Waals surface area contributed by atoms with Gasteiger partial charge in [0.25, 0.3) is 0 Å². The highest BCUT2D eigenvalue weighted by Crippen LogP contribution is 2.44. The molecule has 0 saturated heterocycles. The summed E-state index contributed by atoms with van der Waals surface area (Å²) in [5, 5.41) is 11.8. The Morgan fingerprint density at radius 1 is 0.833 bits per heavy atom. The Morgan fingerprint density at radius 3 is 1.96 bits per heavy atom. The number of hydrazine groups is 3. The first-order chi connectivity index (χ1) is 22.3. The van der Waals surface area contributed by atoms with Crippen molar-refractivity contribution < 1.29 is 54.6 Å². The molecule has 16 heteroatoms. The number of hydrogen-bond donors (Lipinski definition) is 2. The third kappa shape index (κ3) is 9.54. The van der Waals surface area contributed by atoms with Crippen LogP contribution in [0.15, 0.2) is 60.7 Å². The number of aryl methyl sites for hydroxylation is 2. The predicted octanol–water partition coefficient (Wildman–Crippen LogP) is 7.63. The number of nitrogens with two attached hydrogens (primary N) is 1. The second-order valence-corrected chi connectivity index (χ2v) is 10.9. The first kappa shape index (κ1) is 38.9. The zero-order valence-electron chi connectivity index (χ0n) is 26.9. The van der Waals surface area contributed by atoms with Crippen molar-refractivity contribution in [1.82, 2.24) is 10.5 Å². The molecule has 0 spiro atoms. The first-order valence-electron chi connectivity index (χ1n) is 14.8. The fourth-order valence-electron chi connectivity index (χ4n) is 4.82. The van der Waals surface area contributed by atoms with Crippen molar-refractivity contribution in [3.63, 3.8) is 0 Å². The van der Waals surface area contributed by atoms with Crippen LogP contribution < -0.4 is 15.7 Å². The summed E-state index contributed by atoms with van der Waals surface area (Å²) in [4.78, 5) is 11.0. The molecule has 0 heterocycles. The number of aliphatic hydroxyl groups excluding tert-OH is 1. The van der Waals surface area contributed by atoms with Crippen LogP contribution in [0, 0.1) is 13.8 Å². The van der Waals surface area contributed by atoms with Gasteiger partial charge >= 0.3 is 18.3 Å². The van der Waals surface area contributed by atoms with Crippen molar-refractivity contribution in [2.75, 3.05) is 24.9 Å². The monoisotopic (exact) mass is 694 g/mol. The Hall–Kier alpha value is -3.54. The molecule has 2 unspecified atom stereocenters. The van der Waals surface area contributed by atoms with Crippen molar-refractivity contribution in [3.05, 3.63) is 94.0 Å². The first-order valence-corrected chi connectivity index (χ1v) is 14.8. The van der Waals surface area contributed by atoms with E-state index in [-0.39, 0.29) is 42.2 Å². The lowest BCUT2D eigenvalue weighted by atomic mass is 9.98. The Kier molecular flexibility index (Phi) is 12.8. The molecule has 0 radical (unpaired) electrons. The summed E-state index contributed by atoms with van der Waals surface area (Å²) in [7, 11) is 0. The van der Waals surface area contributed by atoms with E-state index in [0.717, 1.165) is 27.9 Å². The molecule has 3 N–H and O–H groups in total. The van der Waals surface area contributed by atoms with Gasteiger partial charge in [-0.1, -0.05) is 53.6 Å². The maximum atomic E-state index is 14.4. The number of hydrogen-bond acceptors (Lipinski definition) is 8. The summed E-state index contributed by atoms with van der Waals surface area (Å²) in [6.45, 7) is 7.23. The smallest absolute Gasteiger partial charge is 0.458 e. The highest BCUT2D eigenvalue weighted by atomic mass is 19.4. The number of alkyl halides is 8. The second-order valence-electron chi connectivity index (χ2n) is 10.9. The number of nitrogens with zero attached hydrogens (tertiary/aromatic N) is 3. The molecule has 0 aliphatic carbocycles. The second kappa shape index (κ2) is 15.8. The van der Waals surface area contributed by atoms with Gasteiger partial charge in [0.2, 0.25) is 0 Å². The van der Waals surface area contributed by atoms with Crippen LogP contribution in [0.25, 0.3) is 0 Å².